The third-order valence-corrected chi connectivity index (χ3v) is 2.02. The number of methoxy groups -OCH3 is 1. The Kier molecular flexibility index (Phi) is 5.07. The number of hydrogen-bond acceptors (Lipinski definition) is 5. The molecule has 0 unspecified atom stereocenters. The molecule has 0 aliphatic rings. The zero-order valence-corrected chi connectivity index (χ0v) is 9.63. The molecule has 84 valence electrons. The first-order valence-corrected chi connectivity index (χ1v) is 6.04. The van der Waals surface area contributed by atoms with Crippen molar-refractivity contribution in [3.05, 3.63) is 0 Å². The molecule has 0 fully saturated rings. The van der Waals surface area contributed by atoms with Crippen molar-refractivity contribution in [1.82, 2.24) is 0 Å². The third-order valence-electron chi connectivity index (χ3n) is 1.44. The lowest BCUT2D eigenvalue weighted by atomic mass is 10.1. The maximum absolute atomic E-state index is 11.1. The lowest BCUT2D eigenvalue weighted by Gasteiger charge is -2.15. The van der Waals surface area contributed by atoms with E-state index in [9.17, 15) is 13.2 Å². The Morgan fingerprint density at radius 2 is 1.86 bits per heavy atom. The van der Waals surface area contributed by atoms with Crippen LogP contribution < -0.4 is 0 Å². The molecule has 0 heterocycles. The second kappa shape index (κ2) is 5.31. The van der Waals surface area contributed by atoms with Gasteiger partial charge in [0.15, 0.2) is 6.10 Å². The Morgan fingerprint density at radius 3 is 2.14 bits per heavy atom. The summed E-state index contributed by atoms with van der Waals surface area (Å²) in [5, 5.41) is 0. The van der Waals surface area contributed by atoms with Gasteiger partial charge in [-0.05, 0) is 12.3 Å². The minimum atomic E-state index is -3.62. The molecule has 0 radical (unpaired) electrons. The highest BCUT2D eigenvalue weighted by molar-refractivity contribution is 7.86. The van der Waals surface area contributed by atoms with Crippen molar-refractivity contribution in [2.75, 3.05) is 13.4 Å². The molecule has 6 heteroatoms. The fourth-order valence-electron chi connectivity index (χ4n) is 0.945. The van der Waals surface area contributed by atoms with Crippen molar-refractivity contribution in [2.45, 2.75) is 26.4 Å². The molecule has 0 spiro atoms. The summed E-state index contributed by atoms with van der Waals surface area (Å²) in [6.07, 6.45) is 0.193. The molecule has 0 bridgehead atoms. The van der Waals surface area contributed by atoms with E-state index >= 15 is 0 Å². The highest BCUT2D eigenvalue weighted by Crippen LogP contribution is 2.11. The normalized spacial score (nSPS) is 14.1. The van der Waals surface area contributed by atoms with Crippen molar-refractivity contribution < 1.29 is 22.1 Å². The molecule has 0 saturated heterocycles. The lowest BCUT2D eigenvalue weighted by Crippen LogP contribution is -2.29. The van der Waals surface area contributed by atoms with Gasteiger partial charge in [-0.2, -0.15) is 8.42 Å². The fourth-order valence-corrected chi connectivity index (χ4v) is 1.52. The number of carbonyl (C=O) groups excluding carboxylic acids is 1. The lowest BCUT2D eigenvalue weighted by molar-refractivity contribution is -0.149. The van der Waals surface area contributed by atoms with Crippen LogP contribution in [0.5, 0.6) is 0 Å². The van der Waals surface area contributed by atoms with Gasteiger partial charge in [0.05, 0.1) is 13.4 Å². The maximum atomic E-state index is 11.1. The van der Waals surface area contributed by atoms with Gasteiger partial charge in [0, 0.05) is 0 Å². The van der Waals surface area contributed by atoms with Gasteiger partial charge < -0.3 is 4.74 Å². The van der Waals surface area contributed by atoms with E-state index in [0.717, 1.165) is 6.26 Å². The van der Waals surface area contributed by atoms with Gasteiger partial charge in [0.2, 0.25) is 0 Å². The van der Waals surface area contributed by atoms with Crippen LogP contribution in [-0.4, -0.2) is 33.9 Å². The molecule has 1 atom stereocenters. The van der Waals surface area contributed by atoms with Crippen LogP contribution in [-0.2, 0) is 23.8 Å². The average molecular weight is 224 g/mol. The second-order valence-electron chi connectivity index (χ2n) is 3.44. The highest BCUT2D eigenvalue weighted by Gasteiger charge is 2.25. The number of ether oxygens (including phenoxy) is 1. The quantitative estimate of drug-likeness (QED) is 0.504. The summed E-state index contributed by atoms with van der Waals surface area (Å²) >= 11 is 0. The van der Waals surface area contributed by atoms with Gasteiger partial charge in [0.1, 0.15) is 0 Å². The van der Waals surface area contributed by atoms with Crippen LogP contribution in [0.2, 0.25) is 0 Å². The third kappa shape index (κ3) is 5.93. The SMILES string of the molecule is COC(=O)[C@@H](CC(C)C)OS(C)(=O)=O. The molecule has 0 rings (SSSR count). The van der Waals surface area contributed by atoms with Crippen LogP contribution in [0.4, 0.5) is 0 Å². The molecular weight excluding hydrogens is 208 g/mol. The summed E-state index contributed by atoms with van der Waals surface area (Å²) in [7, 11) is -2.43. The van der Waals surface area contributed by atoms with E-state index in [4.69, 9.17) is 0 Å². The molecule has 0 aliphatic heterocycles. The Hall–Kier alpha value is -0.620. The average Bonchev–Trinajstić information content (AvgIpc) is 1.98. The van der Waals surface area contributed by atoms with Crippen molar-refractivity contribution in [3.8, 4) is 0 Å². The van der Waals surface area contributed by atoms with E-state index in [1.54, 1.807) is 0 Å². The first-order chi connectivity index (χ1) is 6.26. The Bertz CT molecular complexity index is 280. The minimum Gasteiger partial charge on any atom is -0.467 e. The predicted octanol–water partition coefficient (Wildman–Crippen LogP) is 0.550. The summed E-state index contributed by atoms with van der Waals surface area (Å²) < 4.78 is 30.7. The number of rotatable bonds is 5. The molecule has 5 nitrogen and oxygen atoms in total. The van der Waals surface area contributed by atoms with E-state index < -0.39 is 22.2 Å². The summed E-state index contributed by atoms with van der Waals surface area (Å²) in [6, 6.07) is 0. The smallest absolute Gasteiger partial charge is 0.336 e. The van der Waals surface area contributed by atoms with Gasteiger partial charge in [-0.1, -0.05) is 13.8 Å². The van der Waals surface area contributed by atoms with Crippen LogP contribution in [0.1, 0.15) is 20.3 Å². The second-order valence-corrected chi connectivity index (χ2v) is 5.04. The number of carbonyl (C=O) groups is 1. The maximum Gasteiger partial charge on any atom is 0.336 e. The minimum absolute atomic E-state index is 0.154. The van der Waals surface area contributed by atoms with Crippen molar-refractivity contribution in [3.63, 3.8) is 0 Å². The molecule has 0 N–H and O–H groups in total. The van der Waals surface area contributed by atoms with Crippen molar-refractivity contribution >= 4 is 16.1 Å². The van der Waals surface area contributed by atoms with Gasteiger partial charge >= 0.3 is 5.97 Å². The van der Waals surface area contributed by atoms with Crippen LogP contribution in [0.25, 0.3) is 0 Å². The topological polar surface area (TPSA) is 69.7 Å². The molecule has 0 aromatic carbocycles. The van der Waals surface area contributed by atoms with E-state index in [-0.39, 0.29) is 5.92 Å². The van der Waals surface area contributed by atoms with E-state index in [1.807, 2.05) is 13.8 Å². The summed E-state index contributed by atoms with van der Waals surface area (Å²) in [5.41, 5.74) is 0. The molecule has 0 aromatic heterocycles. The first kappa shape index (κ1) is 13.4. The molecule has 0 saturated carbocycles. The molecule has 0 aliphatic carbocycles. The van der Waals surface area contributed by atoms with E-state index in [1.165, 1.54) is 7.11 Å². The van der Waals surface area contributed by atoms with E-state index in [2.05, 4.69) is 8.92 Å². The Balaban J connectivity index is 4.48. The Morgan fingerprint density at radius 1 is 1.36 bits per heavy atom. The van der Waals surface area contributed by atoms with Crippen LogP contribution in [0.15, 0.2) is 0 Å². The molecule has 14 heavy (non-hydrogen) atoms. The monoisotopic (exact) mass is 224 g/mol. The van der Waals surface area contributed by atoms with Gasteiger partial charge in [-0.15, -0.1) is 0 Å². The van der Waals surface area contributed by atoms with Crippen LogP contribution in [0, 0.1) is 5.92 Å². The summed E-state index contributed by atoms with van der Waals surface area (Å²) in [4.78, 5) is 11.1. The standard InChI is InChI=1S/C8H16O5S/c1-6(2)5-7(8(9)12-3)13-14(4,10)11/h6-7H,5H2,1-4H3/t7-/m1/s1. The zero-order chi connectivity index (χ0) is 11.4. The summed E-state index contributed by atoms with van der Waals surface area (Å²) in [6.45, 7) is 3.73. The van der Waals surface area contributed by atoms with Crippen molar-refractivity contribution in [1.29, 1.82) is 0 Å². The van der Waals surface area contributed by atoms with Gasteiger partial charge in [-0.3, -0.25) is 4.18 Å². The largest absolute Gasteiger partial charge is 0.467 e. The van der Waals surface area contributed by atoms with Crippen LogP contribution >= 0.6 is 0 Å². The van der Waals surface area contributed by atoms with Crippen LogP contribution in [0.3, 0.4) is 0 Å². The Labute approximate surface area is 84.5 Å². The number of esters is 1. The number of hydrogen-bond donors (Lipinski definition) is 0. The fraction of sp³-hybridized carbons (Fsp3) is 0.875. The first-order valence-electron chi connectivity index (χ1n) is 4.22. The zero-order valence-electron chi connectivity index (χ0n) is 8.81. The van der Waals surface area contributed by atoms with Gasteiger partial charge in [-0.25, -0.2) is 4.79 Å². The molecule has 0 amide bonds. The summed E-state index contributed by atoms with van der Waals surface area (Å²) in [5.74, 6) is -0.509. The van der Waals surface area contributed by atoms with Crippen molar-refractivity contribution in [2.24, 2.45) is 5.92 Å². The predicted molar refractivity (Wildman–Crippen MR) is 51.2 cm³/mol. The molecular formula is C8H16O5S. The molecule has 0 aromatic rings. The van der Waals surface area contributed by atoms with E-state index in [0.29, 0.717) is 6.42 Å². The van der Waals surface area contributed by atoms with Gasteiger partial charge in [0.25, 0.3) is 10.1 Å². The highest BCUT2D eigenvalue weighted by atomic mass is 32.2.